The molecule has 2 fully saturated rings. The lowest BCUT2D eigenvalue weighted by Gasteiger charge is -2.30. The van der Waals surface area contributed by atoms with E-state index in [0.29, 0.717) is 56.6 Å². The standard InChI is InChI=1S/C23H24N2O6S/c26-21(15-3-4-16-17(14-15)31-12-11-30-16)19-20(18-2-1-13-32-18)25(23(28)22(19)27)6-5-24-7-9-29-10-8-24/h1-4,13-14,20,26H,5-12H2/b21-19+. The van der Waals surface area contributed by atoms with E-state index in [1.165, 1.54) is 11.3 Å². The van der Waals surface area contributed by atoms with Crippen LogP contribution in [0.4, 0.5) is 0 Å². The zero-order valence-corrected chi connectivity index (χ0v) is 18.3. The highest BCUT2D eigenvalue weighted by atomic mass is 32.1. The lowest BCUT2D eigenvalue weighted by molar-refractivity contribution is -0.140. The molecule has 3 aliphatic heterocycles. The van der Waals surface area contributed by atoms with E-state index in [-0.39, 0.29) is 11.3 Å². The Morgan fingerprint density at radius 2 is 1.81 bits per heavy atom. The number of benzene rings is 1. The Bertz CT molecular complexity index is 1040. The van der Waals surface area contributed by atoms with Crippen LogP contribution in [-0.4, -0.2) is 79.2 Å². The predicted molar refractivity (Wildman–Crippen MR) is 118 cm³/mol. The molecule has 32 heavy (non-hydrogen) atoms. The van der Waals surface area contributed by atoms with Crippen molar-refractivity contribution >= 4 is 28.8 Å². The first kappa shape index (κ1) is 21.0. The molecule has 0 spiro atoms. The van der Waals surface area contributed by atoms with Crippen LogP contribution in [0.1, 0.15) is 16.5 Å². The van der Waals surface area contributed by atoms with Crippen molar-refractivity contribution in [2.45, 2.75) is 6.04 Å². The molecule has 2 saturated heterocycles. The number of hydrogen-bond acceptors (Lipinski definition) is 8. The van der Waals surface area contributed by atoms with E-state index in [0.717, 1.165) is 18.0 Å². The Kier molecular flexibility index (Phi) is 5.86. The third-order valence-corrected chi connectivity index (χ3v) is 6.85. The summed E-state index contributed by atoms with van der Waals surface area (Å²) in [6.07, 6.45) is 0. The molecule has 0 aliphatic carbocycles. The zero-order valence-electron chi connectivity index (χ0n) is 17.5. The minimum atomic E-state index is -0.669. The lowest BCUT2D eigenvalue weighted by Crippen LogP contribution is -2.42. The Morgan fingerprint density at radius 3 is 2.56 bits per heavy atom. The fraction of sp³-hybridized carbons (Fsp3) is 0.391. The van der Waals surface area contributed by atoms with E-state index in [2.05, 4.69) is 4.90 Å². The molecular weight excluding hydrogens is 432 g/mol. The smallest absolute Gasteiger partial charge is 0.295 e. The van der Waals surface area contributed by atoms with E-state index in [4.69, 9.17) is 14.2 Å². The lowest BCUT2D eigenvalue weighted by atomic mass is 9.99. The second kappa shape index (κ2) is 8.93. The number of fused-ring (bicyclic) bond motifs is 1. The van der Waals surface area contributed by atoms with Crippen LogP contribution in [0, 0.1) is 0 Å². The minimum Gasteiger partial charge on any atom is -0.507 e. The molecule has 9 heteroatoms. The van der Waals surface area contributed by atoms with Crippen molar-refractivity contribution in [3.8, 4) is 11.5 Å². The van der Waals surface area contributed by atoms with Gasteiger partial charge in [-0.1, -0.05) is 6.07 Å². The normalized spacial score (nSPS) is 23.0. The van der Waals surface area contributed by atoms with Gasteiger partial charge < -0.3 is 24.2 Å². The first-order valence-corrected chi connectivity index (χ1v) is 11.5. The molecule has 1 unspecified atom stereocenters. The van der Waals surface area contributed by atoms with E-state index >= 15 is 0 Å². The number of Topliss-reactive ketones (excluding diaryl/α,β-unsaturated/α-hetero) is 1. The van der Waals surface area contributed by atoms with Crippen LogP contribution < -0.4 is 9.47 Å². The fourth-order valence-corrected chi connectivity index (χ4v) is 5.12. The average Bonchev–Trinajstić information content (AvgIpc) is 3.45. The monoisotopic (exact) mass is 456 g/mol. The van der Waals surface area contributed by atoms with Crippen LogP contribution in [0.2, 0.25) is 0 Å². The van der Waals surface area contributed by atoms with Gasteiger partial charge in [-0.2, -0.15) is 0 Å². The highest BCUT2D eigenvalue weighted by Gasteiger charge is 2.46. The third kappa shape index (κ3) is 3.87. The molecule has 5 rings (SSSR count). The maximum absolute atomic E-state index is 13.1. The van der Waals surface area contributed by atoms with Crippen LogP contribution in [-0.2, 0) is 14.3 Å². The van der Waals surface area contributed by atoms with E-state index in [1.54, 1.807) is 23.1 Å². The van der Waals surface area contributed by atoms with E-state index in [9.17, 15) is 14.7 Å². The third-order valence-electron chi connectivity index (χ3n) is 5.93. The number of ketones is 1. The number of thiophene rings is 1. The number of likely N-dealkylation sites (tertiary alicyclic amines) is 1. The summed E-state index contributed by atoms with van der Waals surface area (Å²) in [6, 6.07) is 8.18. The van der Waals surface area contributed by atoms with Crippen LogP contribution in [0.25, 0.3) is 5.76 Å². The number of carbonyl (C=O) groups is 2. The van der Waals surface area contributed by atoms with Gasteiger partial charge in [0.15, 0.2) is 11.5 Å². The molecule has 8 nitrogen and oxygen atoms in total. The molecule has 0 radical (unpaired) electrons. The molecule has 0 bridgehead atoms. The largest absolute Gasteiger partial charge is 0.507 e. The molecular formula is C23H24N2O6S. The highest BCUT2D eigenvalue weighted by molar-refractivity contribution is 7.10. The first-order chi connectivity index (χ1) is 15.6. The van der Waals surface area contributed by atoms with Gasteiger partial charge in [0.2, 0.25) is 0 Å². The van der Waals surface area contributed by atoms with E-state index in [1.807, 2.05) is 17.5 Å². The maximum Gasteiger partial charge on any atom is 0.295 e. The van der Waals surface area contributed by atoms with Gasteiger partial charge in [-0.25, -0.2) is 0 Å². The van der Waals surface area contributed by atoms with Crippen LogP contribution in [0.5, 0.6) is 11.5 Å². The molecule has 1 aromatic heterocycles. The second-order valence-electron chi connectivity index (χ2n) is 7.82. The average molecular weight is 457 g/mol. The summed E-state index contributed by atoms with van der Waals surface area (Å²) in [5.41, 5.74) is 0.526. The Morgan fingerprint density at radius 1 is 1.03 bits per heavy atom. The van der Waals surface area contributed by atoms with Gasteiger partial charge in [-0.05, 0) is 29.6 Å². The number of carbonyl (C=O) groups excluding carboxylic acids is 2. The summed E-state index contributed by atoms with van der Waals surface area (Å²) in [4.78, 5) is 30.7. The fourth-order valence-electron chi connectivity index (χ4n) is 4.27. The zero-order chi connectivity index (χ0) is 22.1. The van der Waals surface area contributed by atoms with Crippen LogP contribution in [0.3, 0.4) is 0 Å². The topological polar surface area (TPSA) is 88.5 Å². The van der Waals surface area contributed by atoms with Gasteiger partial charge in [-0.3, -0.25) is 14.5 Å². The Hall–Kier alpha value is -2.88. The quantitative estimate of drug-likeness (QED) is 0.420. The highest BCUT2D eigenvalue weighted by Crippen LogP contribution is 2.42. The van der Waals surface area contributed by atoms with Crippen molar-refractivity contribution in [2.75, 3.05) is 52.6 Å². The SMILES string of the molecule is O=C1C(=O)N(CCN2CCOCC2)C(c2cccs2)/C1=C(\O)c1ccc2c(c1)OCCO2. The summed E-state index contributed by atoms with van der Waals surface area (Å²) in [6.45, 7) is 4.83. The molecule has 1 atom stereocenters. The van der Waals surface area contributed by atoms with Crippen LogP contribution >= 0.6 is 11.3 Å². The van der Waals surface area contributed by atoms with Gasteiger partial charge in [0.05, 0.1) is 24.8 Å². The molecule has 168 valence electrons. The van der Waals surface area contributed by atoms with Crippen molar-refractivity contribution in [1.29, 1.82) is 0 Å². The van der Waals surface area contributed by atoms with Crippen molar-refractivity contribution in [1.82, 2.24) is 9.80 Å². The maximum atomic E-state index is 13.1. The summed E-state index contributed by atoms with van der Waals surface area (Å²) in [5, 5.41) is 13.1. The molecule has 1 N–H and O–H groups in total. The number of hydrogen-bond donors (Lipinski definition) is 1. The summed E-state index contributed by atoms with van der Waals surface area (Å²) in [7, 11) is 0. The molecule has 1 aromatic carbocycles. The van der Waals surface area contributed by atoms with Gasteiger partial charge in [0.1, 0.15) is 19.0 Å². The number of ether oxygens (including phenoxy) is 3. The molecule has 1 amide bonds. The molecule has 0 saturated carbocycles. The molecule has 4 heterocycles. The van der Waals surface area contributed by atoms with Crippen molar-refractivity contribution in [3.63, 3.8) is 0 Å². The van der Waals surface area contributed by atoms with Gasteiger partial charge in [0, 0.05) is 36.6 Å². The van der Waals surface area contributed by atoms with E-state index < -0.39 is 17.7 Å². The predicted octanol–water partition coefficient (Wildman–Crippen LogP) is 2.27. The van der Waals surface area contributed by atoms with Crippen molar-refractivity contribution in [3.05, 3.63) is 51.7 Å². The first-order valence-electron chi connectivity index (χ1n) is 10.7. The Balaban J connectivity index is 1.50. The number of aliphatic hydroxyl groups is 1. The molecule has 3 aliphatic rings. The van der Waals surface area contributed by atoms with Gasteiger partial charge in [-0.15, -0.1) is 11.3 Å². The van der Waals surface area contributed by atoms with Crippen molar-refractivity contribution in [2.24, 2.45) is 0 Å². The second-order valence-corrected chi connectivity index (χ2v) is 8.80. The summed E-state index contributed by atoms with van der Waals surface area (Å²) in [5.74, 6) is -0.357. The number of aliphatic hydroxyl groups excluding tert-OH is 1. The number of nitrogens with zero attached hydrogens (tertiary/aromatic N) is 2. The van der Waals surface area contributed by atoms with Gasteiger partial charge >= 0.3 is 0 Å². The van der Waals surface area contributed by atoms with Crippen LogP contribution in [0.15, 0.2) is 41.3 Å². The number of morpholine rings is 1. The number of amides is 1. The number of rotatable bonds is 5. The van der Waals surface area contributed by atoms with Gasteiger partial charge in [0.25, 0.3) is 11.7 Å². The minimum absolute atomic E-state index is 0.108. The Labute approximate surface area is 189 Å². The summed E-state index contributed by atoms with van der Waals surface area (Å²) >= 11 is 1.46. The van der Waals surface area contributed by atoms with Crippen molar-refractivity contribution < 1.29 is 28.9 Å². The summed E-state index contributed by atoms with van der Waals surface area (Å²) < 4.78 is 16.6. The molecule has 2 aromatic rings.